The summed E-state index contributed by atoms with van der Waals surface area (Å²) in [6.45, 7) is 4.21. The highest BCUT2D eigenvalue weighted by molar-refractivity contribution is 4.81. The van der Waals surface area contributed by atoms with Crippen molar-refractivity contribution in [3.63, 3.8) is 0 Å². The van der Waals surface area contributed by atoms with Crippen molar-refractivity contribution in [1.82, 2.24) is 0 Å². The van der Waals surface area contributed by atoms with Gasteiger partial charge in [0.2, 0.25) is 0 Å². The molecule has 0 heterocycles. The quantitative estimate of drug-likeness (QED) is 0.651. The predicted octanol–water partition coefficient (Wildman–Crippen LogP) is 2.73. The zero-order chi connectivity index (χ0) is 8.32. The van der Waals surface area contributed by atoms with E-state index in [9.17, 15) is 5.11 Å². The van der Waals surface area contributed by atoms with Crippen molar-refractivity contribution < 1.29 is 5.11 Å². The molecule has 1 rings (SSSR count). The van der Waals surface area contributed by atoms with Crippen LogP contribution in [0.1, 0.15) is 52.4 Å². The minimum Gasteiger partial charge on any atom is -0.390 e. The lowest BCUT2D eigenvalue weighted by atomic mass is 9.77. The zero-order valence-electron chi connectivity index (χ0n) is 7.77. The minimum atomic E-state index is -0.349. The van der Waals surface area contributed by atoms with Crippen molar-refractivity contribution in [1.29, 1.82) is 0 Å². The van der Waals surface area contributed by atoms with E-state index < -0.39 is 0 Å². The van der Waals surface area contributed by atoms with Crippen LogP contribution in [0.5, 0.6) is 0 Å². The van der Waals surface area contributed by atoms with E-state index in [-0.39, 0.29) is 5.60 Å². The molecule has 1 fully saturated rings. The summed E-state index contributed by atoms with van der Waals surface area (Å²) >= 11 is 0. The van der Waals surface area contributed by atoms with Crippen LogP contribution in [0.25, 0.3) is 0 Å². The Morgan fingerprint density at radius 2 is 2.27 bits per heavy atom. The van der Waals surface area contributed by atoms with Gasteiger partial charge in [0.15, 0.2) is 0 Å². The third kappa shape index (κ3) is 2.82. The molecule has 0 aliphatic heterocycles. The lowest BCUT2D eigenvalue weighted by Crippen LogP contribution is -2.31. The maximum Gasteiger partial charge on any atom is 0.0622 e. The fourth-order valence-electron chi connectivity index (χ4n) is 2.25. The monoisotopic (exact) mass is 156 g/mol. The van der Waals surface area contributed by atoms with Gasteiger partial charge in [0.05, 0.1) is 5.60 Å². The van der Waals surface area contributed by atoms with Gasteiger partial charge in [-0.25, -0.2) is 0 Å². The van der Waals surface area contributed by atoms with Gasteiger partial charge in [-0.05, 0) is 25.7 Å². The van der Waals surface area contributed by atoms with E-state index in [1.807, 2.05) is 6.92 Å². The molecule has 0 spiro atoms. The molecule has 0 aromatic heterocycles. The van der Waals surface area contributed by atoms with Crippen LogP contribution in [0.15, 0.2) is 0 Å². The second-order valence-electron chi connectivity index (χ2n) is 4.25. The van der Waals surface area contributed by atoms with Gasteiger partial charge in [0.1, 0.15) is 0 Å². The molecule has 0 unspecified atom stereocenters. The molecule has 0 saturated heterocycles. The fraction of sp³-hybridized carbons (Fsp3) is 1.00. The molecule has 0 aromatic carbocycles. The summed E-state index contributed by atoms with van der Waals surface area (Å²) in [5, 5.41) is 9.77. The summed E-state index contributed by atoms with van der Waals surface area (Å²) in [6, 6.07) is 0. The summed E-state index contributed by atoms with van der Waals surface area (Å²) in [5.41, 5.74) is -0.349. The Kier molecular flexibility index (Phi) is 2.94. The van der Waals surface area contributed by atoms with Gasteiger partial charge < -0.3 is 5.11 Å². The van der Waals surface area contributed by atoms with Crippen LogP contribution in [0.4, 0.5) is 0 Å². The SMILES string of the molecule is CCC[C@@H]1CCC[C@@](C)(O)C1. The van der Waals surface area contributed by atoms with Crippen molar-refractivity contribution in [2.75, 3.05) is 0 Å². The first-order valence-electron chi connectivity index (χ1n) is 4.86. The normalized spacial score (nSPS) is 39.0. The number of rotatable bonds is 2. The van der Waals surface area contributed by atoms with E-state index in [4.69, 9.17) is 0 Å². The van der Waals surface area contributed by atoms with E-state index >= 15 is 0 Å². The Morgan fingerprint density at radius 3 is 2.82 bits per heavy atom. The third-order valence-electron chi connectivity index (χ3n) is 2.75. The van der Waals surface area contributed by atoms with Crippen LogP contribution in [0, 0.1) is 5.92 Å². The van der Waals surface area contributed by atoms with E-state index in [1.165, 1.54) is 25.7 Å². The maximum absolute atomic E-state index is 9.77. The van der Waals surface area contributed by atoms with E-state index in [0.29, 0.717) is 0 Å². The van der Waals surface area contributed by atoms with Crippen LogP contribution in [-0.2, 0) is 0 Å². The summed E-state index contributed by atoms with van der Waals surface area (Å²) in [7, 11) is 0. The summed E-state index contributed by atoms with van der Waals surface area (Å²) in [6.07, 6.45) is 7.16. The van der Waals surface area contributed by atoms with Crippen molar-refractivity contribution in [2.24, 2.45) is 5.92 Å². The highest BCUT2D eigenvalue weighted by Gasteiger charge is 2.28. The second-order valence-corrected chi connectivity index (χ2v) is 4.25. The summed E-state index contributed by atoms with van der Waals surface area (Å²) in [4.78, 5) is 0. The van der Waals surface area contributed by atoms with E-state index in [0.717, 1.165) is 18.8 Å². The van der Waals surface area contributed by atoms with Gasteiger partial charge >= 0.3 is 0 Å². The molecule has 0 radical (unpaired) electrons. The number of hydrogen-bond donors (Lipinski definition) is 1. The summed E-state index contributed by atoms with van der Waals surface area (Å²) < 4.78 is 0. The first-order valence-corrected chi connectivity index (χ1v) is 4.86. The van der Waals surface area contributed by atoms with Crippen LogP contribution in [0.2, 0.25) is 0 Å². The highest BCUT2D eigenvalue weighted by atomic mass is 16.3. The van der Waals surface area contributed by atoms with Crippen LogP contribution < -0.4 is 0 Å². The third-order valence-corrected chi connectivity index (χ3v) is 2.75. The molecule has 0 bridgehead atoms. The smallest absolute Gasteiger partial charge is 0.0622 e. The molecule has 66 valence electrons. The standard InChI is InChI=1S/C10H20O/c1-3-5-9-6-4-7-10(2,11)8-9/h9,11H,3-8H2,1-2H3/t9-,10-/m1/s1. The molecular formula is C10H20O. The van der Waals surface area contributed by atoms with Gasteiger partial charge in [-0.1, -0.05) is 32.6 Å². The molecule has 11 heavy (non-hydrogen) atoms. The van der Waals surface area contributed by atoms with Gasteiger partial charge in [0.25, 0.3) is 0 Å². The average molecular weight is 156 g/mol. The van der Waals surface area contributed by atoms with Gasteiger partial charge in [-0.15, -0.1) is 0 Å². The Morgan fingerprint density at radius 1 is 1.55 bits per heavy atom. The lowest BCUT2D eigenvalue weighted by Gasteiger charge is -2.33. The lowest BCUT2D eigenvalue weighted by molar-refractivity contribution is -0.000533. The van der Waals surface area contributed by atoms with E-state index in [1.54, 1.807) is 0 Å². The molecule has 1 nitrogen and oxygen atoms in total. The molecule has 0 aromatic rings. The second kappa shape index (κ2) is 3.57. The van der Waals surface area contributed by atoms with Crippen LogP contribution in [0.3, 0.4) is 0 Å². The zero-order valence-corrected chi connectivity index (χ0v) is 7.77. The molecule has 1 N–H and O–H groups in total. The first-order chi connectivity index (χ1) is 5.14. The number of hydrogen-bond acceptors (Lipinski definition) is 1. The van der Waals surface area contributed by atoms with Crippen LogP contribution >= 0.6 is 0 Å². The molecule has 1 heteroatoms. The average Bonchev–Trinajstić information content (AvgIpc) is 1.85. The Balaban J connectivity index is 2.34. The summed E-state index contributed by atoms with van der Waals surface area (Å²) in [5.74, 6) is 0.795. The van der Waals surface area contributed by atoms with Crippen molar-refractivity contribution >= 4 is 0 Å². The largest absolute Gasteiger partial charge is 0.390 e. The molecule has 0 amide bonds. The van der Waals surface area contributed by atoms with Gasteiger partial charge in [-0.2, -0.15) is 0 Å². The highest BCUT2D eigenvalue weighted by Crippen LogP contribution is 2.34. The first kappa shape index (κ1) is 9.05. The Bertz CT molecular complexity index is 116. The number of aliphatic hydroxyl groups is 1. The fourth-order valence-corrected chi connectivity index (χ4v) is 2.25. The Labute approximate surface area is 69.8 Å². The predicted molar refractivity (Wildman–Crippen MR) is 47.5 cm³/mol. The molecule has 2 atom stereocenters. The molecular weight excluding hydrogens is 136 g/mol. The Hall–Kier alpha value is -0.0400. The van der Waals surface area contributed by atoms with E-state index in [2.05, 4.69) is 6.92 Å². The van der Waals surface area contributed by atoms with Crippen molar-refractivity contribution in [2.45, 2.75) is 58.0 Å². The van der Waals surface area contributed by atoms with Crippen molar-refractivity contribution in [3.8, 4) is 0 Å². The van der Waals surface area contributed by atoms with Crippen LogP contribution in [-0.4, -0.2) is 10.7 Å². The topological polar surface area (TPSA) is 20.2 Å². The van der Waals surface area contributed by atoms with Crippen molar-refractivity contribution in [3.05, 3.63) is 0 Å². The van der Waals surface area contributed by atoms with Gasteiger partial charge in [0, 0.05) is 0 Å². The maximum atomic E-state index is 9.77. The minimum absolute atomic E-state index is 0.349. The van der Waals surface area contributed by atoms with Gasteiger partial charge in [-0.3, -0.25) is 0 Å². The molecule has 1 aliphatic rings. The molecule has 1 aliphatic carbocycles. The molecule has 1 saturated carbocycles.